The van der Waals surface area contributed by atoms with Crippen LogP contribution in [0, 0.1) is 13.8 Å². The first-order chi connectivity index (χ1) is 7.58. The van der Waals surface area contributed by atoms with Crippen LogP contribution in [0.2, 0.25) is 0 Å². The normalized spacial score (nSPS) is 24.8. The summed E-state index contributed by atoms with van der Waals surface area (Å²) in [6.07, 6.45) is 1.28. The van der Waals surface area contributed by atoms with Gasteiger partial charge in [-0.25, -0.2) is 0 Å². The maximum Gasteiger partial charge on any atom is 0.0402 e. The molecule has 0 aliphatic carbocycles. The molecule has 1 N–H and O–H groups in total. The van der Waals surface area contributed by atoms with Crippen molar-refractivity contribution in [2.75, 3.05) is 11.1 Å². The molecule has 2 atom stereocenters. The van der Waals surface area contributed by atoms with E-state index in [1.54, 1.807) is 0 Å². The Morgan fingerprint density at radius 2 is 1.94 bits per heavy atom. The van der Waals surface area contributed by atoms with Gasteiger partial charge in [0.15, 0.2) is 0 Å². The number of nitrogens with one attached hydrogen (secondary N) is 1. The molecule has 2 rings (SSSR count). The van der Waals surface area contributed by atoms with Crippen LogP contribution in [-0.2, 0) is 0 Å². The lowest BCUT2D eigenvalue weighted by Gasteiger charge is -2.21. The molecule has 1 fully saturated rings. The molecule has 16 heavy (non-hydrogen) atoms. The summed E-state index contributed by atoms with van der Waals surface area (Å²) < 4.78 is 1.17. The van der Waals surface area contributed by atoms with Crippen LogP contribution in [0.3, 0.4) is 0 Å². The van der Waals surface area contributed by atoms with E-state index in [-0.39, 0.29) is 0 Å². The summed E-state index contributed by atoms with van der Waals surface area (Å²) in [6, 6.07) is 4.99. The zero-order valence-electron chi connectivity index (χ0n) is 10.0. The number of benzene rings is 1. The lowest BCUT2D eigenvalue weighted by Crippen LogP contribution is -2.25. The first kappa shape index (κ1) is 12.3. The van der Waals surface area contributed by atoms with E-state index < -0.39 is 0 Å². The van der Waals surface area contributed by atoms with Gasteiger partial charge in [0.2, 0.25) is 0 Å². The van der Waals surface area contributed by atoms with Gasteiger partial charge in [0.1, 0.15) is 0 Å². The zero-order chi connectivity index (χ0) is 11.7. The molecule has 0 radical (unpaired) electrons. The summed E-state index contributed by atoms with van der Waals surface area (Å²) in [5, 5.41) is 4.44. The van der Waals surface area contributed by atoms with Crippen molar-refractivity contribution >= 4 is 33.4 Å². The fourth-order valence-electron chi connectivity index (χ4n) is 2.25. The molecule has 0 spiro atoms. The molecular weight excluding hydrogens is 282 g/mol. The molecule has 0 aromatic heterocycles. The van der Waals surface area contributed by atoms with E-state index in [0.717, 1.165) is 5.25 Å². The number of hydrogen-bond acceptors (Lipinski definition) is 2. The standard InChI is InChI=1S/C13H18BrNS/c1-8-6-11(14)7-9(2)13(8)15-12-4-5-16-10(12)3/h6-7,10,12,15H,4-5H2,1-3H3. The predicted molar refractivity (Wildman–Crippen MR) is 77.6 cm³/mol. The molecule has 1 aromatic carbocycles. The Hall–Kier alpha value is -0.150. The van der Waals surface area contributed by atoms with Crippen LogP contribution >= 0.6 is 27.7 Å². The minimum absolute atomic E-state index is 0.628. The number of halogens is 1. The molecule has 2 unspecified atom stereocenters. The monoisotopic (exact) mass is 299 g/mol. The van der Waals surface area contributed by atoms with Crippen molar-refractivity contribution in [2.45, 2.75) is 38.5 Å². The van der Waals surface area contributed by atoms with Crippen molar-refractivity contribution in [3.05, 3.63) is 27.7 Å². The molecule has 1 nitrogen and oxygen atoms in total. The molecule has 88 valence electrons. The fourth-order valence-corrected chi connectivity index (χ4v) is 4.13. The Balaban J connectivity index is 2.21. The van der Waals surface area contributed by atoms with Crippen molar-refractivity contribution in [2.24, 2.45) is 0 Å². The van der Waals surface area contributed by atoms with Crippen LogP contribution in [0.25, 0.3) is 0 Å². The topological polar surface area (TPSA) is 12.0 Å². The highest BCUT2D eigenvalue weighted by Gasteiger charge is 2.24. The van der Waals surface area contributed by atoms with Gasteiger partial charge in [0.25, 0.3) is 0 Å². The van der Waals surface area contributed by atoms with Gasteiger partial charge in [0, 0.05) is 21.5 Å². The first-order valence-corrected chi connectivity index (χ1v) is 7.57. The molecule has 1 saturated heterocycles. The van der Waals surface area contributed by atoms with E-state index in [4.69, 9.17) is 0 Å². The summed E-state index contributed by atoms with van der Waals surface area (Å²) in [7, 11) is 0. The van der Waals surface area contributed by atoms with Crippen LogP contribution < -0.4 is 5.32 Å². The van der Waals surface area contributed by atoms with E-state index in [1.165, 1.54) is 33.5 Å². The molecule has 3 heteroatoms. The number of aryl methyl sites for hydroxylation is 2. The van der Waals surface area contributed by atoms with Crippen LogP contribution in [0.4, 0.5) is 5.69 Å². The van der Waals surface area contributed by atoms with E-state index >= 15 is 0 Å². The van der Waals surface area contributed by atoms with Crippen LogP contribution in [0.1, 0.15) is 24.5 Å². The highest BCUT2D eigenvalue weighted by Crippen LogP contribution is 2.32. The average molecular weight is 300 g/mol. The number of hydrogen-bond donors (Lipinski definition) is 1. The van der Waals surface area contributed by atoms with Crippen LogP contribution in [0.15, 0.2) is 16.6 Å². The Bertz CT molecular complexity index is 369. The van der Waals surface area contributed by atoms with Crippen LogP contribution in [-0.4, -0.2) is 17.0 Å². The van der Waals surface area contributed by atoms with Gasteiger partial charge >= 0.3 is 0 Å². The van der Waals surface area contributed by atoms with Gasteiger partial charge in [-0.1, -0.05) is 22.9 Å². The predicted octanol–water partition coefficient (Wildman–Crippen LogP) is 4.37. The molecule has 0 amide bonds. The van der Waals surface area contributed by atoms with Crippen molar-refractivity contribution in [3.63, 3.8) is 0 Å². The third-order valence-electron chi connectivity index (χ3n) is 3.20. The number of rotatable bonds is 2. The maximum absolute atomic E-state index is 3.71. The quantitative estimate of drug-likeness (QED) is 0.870. The van der Waals surface area contributed by atoms with Crippen molar-refractivity contribution in [1.82, 2.24) is 0 Å². The Morgan fingerprint density at radius 3 is 2.44 bits per heavy atom. The van der Waals surface area contributed by atoms with E-state index in [0.29, 0.717) is 6.04 Å². The number of thioether (sulfide) groups is 1. The molecule has 0 bridgehead atoms. The van der Waals surface area contributed by atoms with Crippen molar-refractivity contribution in [1.29, 1.82) is 0 Å². The third-order valence-corrected chi connectivity index (χ3v) is 4.99. The summed E-state index contributed by atoms with van der Waals surface area (Å²) in [5.74, 6) is 1.29. The Morgan fingerprint density at radius 1 is 1.31 bits per heavy atom. The highest BCUT2D eigenvalue weighted by atomic mass is 79.9. The second kappa shape index (κ2) is 5.01. The SMILES string of the molecule is Cc1cc(Br)cc(C)c1NC1CCSC1C. The van der Waals surface area contributed by atoms with E-state index in [9.17, 15) is 0 Å². The van der Waals surface area contributed by atoms with Crippen LogP contribution in [0.5, 0.6) is 0 Å². The molecule has 0 saturated carbocycles. The van der Waals surface area contributed by atoms with Gasteiger partial charge in [-0.3, -0.25) is 0 Å². The fraction of sp³-hybridized carbons (Fsp3) is 0.538. The highest BCUT2D eigenvalue weighted by molar-refractivity contribution is 9.10. The van der Waals surface area contributed by atoms with Crippen molar-refractivity contribution in [3.8, 4) is 0 Å². The van der Waals surface area contributed by atoms with E-state index in [1.807, 2.05) is 0 Å². The minimum Gasteiger partial charge on any atom is -0.381 e. The summed E-state index contributed by atoms with van der Waals surface area (Å²) in [4.78, 5) is 0. The Kier molecular flexibility index (Phi) is 3.85. The van der Waals surface area contributed by atoms with Gasteiger partial charge in [-0.05, 0) is 49.3 Å². The van der Waals surface area contributed by atoms with Gasteiger partial charge in [-0.15, -0.1) is 0 Å². The second-order valence-electron chi connectivity index (χ2n) is 4.53. The van der Waals surface area contributed by atoms with E-state index in [2.05, 4.69) is 65.9 Å². The van der Waals surface area contributed by atoms with Gasteiger partial charge in [-0.2, -0.15) is 11.8 Å². The summed E-state index contributed by atoms with van der Waals surface area (Å²) >= 11 is 5.61. The van der Waals surface area contributed by atoms with Gasteiger partial charge in [0.05, 0.1) is 0 Å². The summed E-state index contributed by atoms with van der Waals surface area (Å²) in [6.45, 7) is 6.67. The largest absolute Gasteiger partial charge is 0.381 e. The molecular formula is C13H18BrNS. The second-order valence-corrected chi connectivity index (χ2v) is 6.93. The summed E-state index contributed by atoms with van der Waals surface area (Å²) in [5.41, 5.74) is 3.98. The zero-order valence-corrected chi connectivity index (χ0v) is 12.4. The van der Waals surface area contributed by atoms with Crippen molar-refractivity contribution < 1.29 is 0 Å². The van der Waals surface area contributed by atoms with Gasteiger partial charge < -0.3 is 5.32 Å². The molecule has 1 aliphatic rings. The lowest BCUT2D eigenvalue weighted by molar-refractivity contribution is 0.722. The smallest absolute Gasteiger partial charge is 0.0402 e. The average Bonchev–Trinajstić information content (AvgIpc) is 2.57. The Labute approximate surface area is 111 Å². The lowest BCUT2D eigenvalue weighted by atomic mass is 10.1. The molecule has 1 aliphatic heterocycles. The minimum atomic E-state index is 0.628. The number of anilines is 1. The molecule has 1 aromatic rings. The third kappa shape index (κ3) is 2.57. The maximum atomic E-state index is 3.71. The molecule has 1 heterocycles. The first-order valence-electron chi connectivity index (χ1n) is 5.73.